The minimum atomic E-state index is -2.47. The molecule has 9 heteroatoms. The summed E-state index contributed by atoms with van der Waals surface area (Å²) in [7, 11) is 0. The van der Waals surface area contributed by atoms with Crippen LogP contribution in [0.1, 0.15) is 34.6 Å². The molecule has 1 aromatic carbocycles. The quantitative estimate of drug-likeness (QED) is 0.447. The summed E-state index contributed by atoms with van der Waals surface area (Å²) in [5.74, 6) is -2.25. The Labute approximate surface area is 182 Å². The fourth-order valence-corrected chi connectivity index (χ4v) is 5.24. The smallest absolute Gasteiger partial charge is 0.256 e. The predicted molar refractivity (Wildman–Crippen MR) is 117 cm³/mol. The van der Waals surface area contributed by atoms with Crippen molar-refractivity contribution in [2.45, 2.75) is 32.2 Å². The highest BCUT2D eigenvalue weighted by Gasteiger charge is 2.61. The highest BCUT2D eigenvalue weighted by Crippen LogP contribution is 2.56. The van der Waals surface area contributed by atoms with Gasteiger partial charge in [-0.25, -0.2) is 13.8 Å². The summed E-state index contributed by atoms with van der Waals surface area (Å²) < 4.78 is 26.4. The first-order valence-corrected chi connectivity index (χ1v) is 10.6. The number of fused-ring (bicyclic) bond motifs is 2. The molecule has 7 nitrogen and oxygen atoms in total. The van der Waals surface area contributed by atoms with Gasteiger partial charge in [0, 0.05) is 72.2 Å². The molecular formula is C23H22F2N6O. The van der Waals surface area contributed by atoms with Crippen LogP contribution in [0.15, 0.2) is 36.5 Å². The van der Waals surface area contributed by atoms with Gasteiger partial charge < -0.3 is 10.3 Å². The van der Waals surface area contributed by atoms with Gasteiger partial charge in [-0.3, -0.25) is 14.8 Å². The number of likely N-dealkylation sites (tertiary alicyclic amines) is 1. The summed E-state index contributed by atoms with van der Waals surface area (Å²) in [5.41, 5.74) is 3.96. The molecule has 32 heavy (non-hydrogen) atoms. The van der Waals surface area contributed by atoms with E-state index in [1.807, 2.05) is 31.2 Å². The van der Waals surface area contributed by atoms with Crippen LogP contribution in [0, 0.1) is 12.3 Å². The Morgan fingerprint density at radius 3 is 2.78 bits per heavy atom. The second-order valence-electron chi connectivity index (χ2n) is 9.33. The summed E-state index contributed by atoms with van der Waals surface area (Å²) in [5, 5.41) is 11.8. The lowest BCUT2D eigenvalue weighted by Crippen LogP contribution is -2.65. The van der Waals surface area contributed by atoms with Crippen molar-refractivity contribution in [2.24, 2.45) is 5.41 Å². The van der Waals surface area contributed by atoms with Crippen LogP contribution in [0.4, 0.5) is 14.6 Å². The second-order valence-corrected chi connectivity index (χ2v) is 9.33. The molecule has 4 heterocycles. The van der Waals surface area contributed by atoms with Crippen LogP contribution in [0.25, 0.3) is 21.8 Å². The number of aromatic amines is 2. The monoisotopic (exact) mass is 436 g/mol. The van der Waals surface area contributed by atoms with Crippen molar-refractivity contribution in [3.8, 4) is 0 Å². The summed E-state index contributed by atoms with van der Waals surface area (Å²) in [6.07, 6.45) is 1.75. The highest BCUT2D eigenvalue weighted by molar-refractivity contribution is 6.06. The molecule has 2 aliphatic rings. The standard InChI is InChI=1S/C23H22F2N6O/c1-13-17-5-14(2-3-18(17)30-29-13)21(32)28-20-6-19-15(7-26-20)4-16(27-19)8-31-11-22(12-31)9-23(24,25)10-22/h2-7,27H,8-12H2,1H3,(H,29,30)(H,26,28,32). The number of hydrogen-bond acceptors (Lipinski definition) is 4. The Balaban J connectivity index is 1.14. The summed E-state index contributed by atoms with van der Waals surface area (Å²) in [6.45, 7) is 4.02. The minimum absolute atomic E-state index is 0.0171. The van der Waals surface area contributed by atoms with E-state index in [1.54, 1.807) is 12.3 Å². The Morgan fingerprint density at radius 1 is 1.19 bits per heavy atom. The van der Waals surface area contributed by atoms with Crippen LogP contribution in [0.2, 0.25) is 0 Å². The first-order chi connectivity index (χ1) is 15.3. The number of rotatable bonds is 4. The Kier molecular flexibility index (Phi) is 3.98. The van der Waals surface area contributed by atoms with E-state index in [-0.39, 0.29) is 24.2 Å². The number of carbonyl (C=O) groups is 1. The molecule has 1 aliphatic carbocycles. The largest absolute Gasteiger partial charge is 0.357 e. The lowest BCUT2D eigenvalue weighted by Gasteiger charge is -2.58. The Hall–Kier alpha value is -3.33. The molecule has 0 unspecified atom stereocenters. The lowest BCUT2D eigenvalue weighted by atomic mass is 9.61. The van der Waals surface area contributed by atoms with Gasteiger partial charge in [-0.05, 0) is 31.2 Å². The van der Waals surface area contributed by atoms with Crippen molar-refractivity contribution in [1.29, 1.82) is 0 Å². The van der Waals surface area contributed by atoms with Crippen LogP contribution in [-0.4, -0.2) is 50.0 Å². The van der Waals surface area contributed by atoms with E-state index < -0.39 is 5.92 Å². The molecule has 0 bridgehead atoms. The third kappa shape index (κ3) is 3.24. The van der Waals surface area contributed by atoms with Crippen molar-refractivity contribution < 1.29 is 13.6 Å². The highest BCUT2D eigenvalue weighted by atomic mass is 19.3. The van der Waals surface area contributed by atoms with Gasteiger partial charge in [0.25, 0.3) is 5.91 Å². The number of benzene rings is 1. The third-order valence-electron chi connectivity index (χ3n) is 6.60. The molecule has 1 saturated carbocycles. The third-order valence-corrected chi connectivity index (χ3v) is 6.60. The molecule has 1 saturated heterocycles. The van der Waals surface area contributed by atoms with Gasteiger partial charge in [0.2, 0.25) is 5.92 Å². The molecule has 4 aromatic rings. The molecule has 6 rings (SSSR count). The van der Waals surface area contributed by atoms with Crippen LogP contribution >= 0.6 is 0 Å². The van der Waals surface area contributed by atoms with Crippen LogP contribution in [0.3, 0.4) is 0 Å². The van der Waals surface area contributed by atoms with Crippen LogP contribution in [-0.2, 0) is 6.54 Å². The number of amides is 1. The molecular weight excluding hydrogens is 414 g/mol. The van der Waals surface area contributed by atoms with Gasteiger partial charge in [-0.1, -0.05) is 0 Å². The molecule has 3 N–H and O–H groups in total. The maximum atomic E-state index is 13.2. The summed E-state index contributed by atoms with van der Waals surface area (Å²) in [4.78, 5) is 22.6. The molecule has 1 amide bonds. The first-order valence-electron chi connectivity index (χ1n) is 10.6. The molecule has 3 aromatic heterocycles. The van der Waals surface area contributed by atoms with E-state index in [4.69, 9.17) is 0 Å². The minimum Gasteiger partial charge on any atom is -0.357 e. The van der Waals surface area contributed by atoms with Gasteiger partial charge in [0.05, 0.1) is 16.7 Å². The van der Waals surface area contributed by atoms with E-state index in [2.05, 4.69) is 30.4 Å². The van der Waals surface area contributed by atoms with E-state index in [0.717, 1.165) is 46.3 Å². The Morgan fingerprint density at radius 2 is 2.00 bits per heavy atom. The number of pyridine rings is 1. The number of hydrogen-bond donors (Lipinski definition) is 3. The van der Waals surface area contributed by atoms with E-state index in [1.165, 1.54) is 0 Å². The van der Waals surface area contributed by atoms with E-state index in [9.17, 15) is 13.6 Å². The maximum Gasteiger partial charge on any atom is 0.256 e. The van der Waals surface area contributed by atoms with Crippen molar-refractivity contribution in [2.75, 3.05) is 18.4 Å². The van der Waals surface area contributed by atoms with Gasteiger partial charge in [0.15, 0.2) is 0 Å². The number of carbonyl (C=O) groups excluding carboxylic acids is 1. The zero-order valence-corrected chi connectivity index (χ0v) is 17.5. The summed E-state index contributed by atoms with van der Waals surface area (Å²) >= 11 is 0. The molecule has 1 spiro atoms. The number of halogens is 2. The molecule has 164 valence electrons. The zero-order chi connectivity index (χ0) is 22.1. The number of H-pyrrole nitrogens is 2. The predicted octanol–water partition coefficient (Wildman–Crippen LogP) is 4.23. The van der Waals surface area contributed by atoms with Crippen molar-refractivity contribution in [1.82, 2.24) is 25.1 Å². The number of aromatic nitrogens is 4. The maximum absolute atomic E-state index is 13.2. The Bertz CT molecular complexity index is 1360. The van der Waals surface area contributed by atoms with Gasteiger partial charge in [-0.2, -0.15) is 5.10 Å². The SMILES string of the molecule is Cc1n[nH]c2ccc(C(=O)Nc3cc4[nH]c(CN5CC6(C5)CC(F)(F)C6)cc4cn3)cc12. The topological polar surface area (TPSA) is 89.7 Å². The average Bonchev–Trinajstić information content (AvgIpc) is 3.27. The normalized spacial score (nSPS) is 19.2. The van der Waals surface area contributed by atoms with Crippen molar-refractivity contribution in [3.05, 3.63) is 53.5 Å². The number of anilines is 1. The lowest BCUT2D eigenvalue weighted by molar-refractivity contribution is -0.215. The molecule has 2 fully saturated rings. The zero-order valence-electron chi connectivity index (χ0n) is 17.5. The van der Waals surface area contributed by atoms with Gasteiger partial charge in [-0.15, -0.1) is 0 Å². The van der Waals surface area contributed by atoms with Crippen molar-refractivity contribution >= 4 is 33.5 Å². The average molecular weight is 436 g/mol. The molecule has 0 radical (unpaired) electrons. The van der Waals surface area contributed by atoms with Gasteiger partial charge >= 0.3 is 0 Å². The van der Waals surface area contributed by atoms with Gasteiger partial charge in [0.1, 0.15) is 5.82 Å². The number of nitrogens with one attached hydrogen (secondary N) is 3. The van der Waals surface area contributed by atoms with Crippen LogP contribution < -0.4 is 5.32 Å². The van der Waals surface area contributed by atoms with Crippen LogP contribution in [0.5, 0.6) is 0 Å². The number of aryl methyl sites for hydroxylation is 1. The second kappa shape index (κ2) is 6.59. The number of nitrogens with zero attached hydrogens (tertiary/aromatic N) is 3. The van der Waals surface area contributed by atoms with E-state index >= 15 is 0 Å². The molecule has 0 atom stereocenters. The fraction of sp³-hybridized carbons (Fsp3) is 0.348. The first kappa shape index (κ1) is 19.4. The fourth-order valence-electron chi connectivity index (χ4n) is 5.24. The molecule has 1 aliphatic heterocycles. The van der Waals surface area contributed by atoms with E-state index in [0.29, 0.717) is 17.9 Å². The number of alkyl halides is 2. The summed E-state index contributed by atoms with van der Waals surface area (Å²) in [6, 6.07) is 9.22. The van der Waals surface area contributed by atoms with Crippen molar-refractivity contribution in [3.63, 3.8) is 0 Å².